The molecule has 0 radical (unpaired) electrons. The Kier molecular flexibility index (Phi) is 5.35. The molecule has 0 atom stereocenters. The van der Waals surface area contributed by atoms with Crippen molar-refractivity contribution < 1.29 is 19.1 Å². The van der Waals surface area contributed by atoms with Crippen LogP contribution in [0, 0.1) is 11.8 Å². The minimum atomic E-state index is -0.471. The molecular formula is C18H32N2O4. The van der Waals surface area contributed by atoms with Gasteiger partial charge in [-0.2, -0.15) is 0 Å². The van der Waals surface area contributed by atoms with Gasteiger partial charge in [0.15, 0.2) is 0 Å². The van der Waals surface area contributed by atoms with Gasteiger partial charge in [0, 0.05) is 12.1 Å². The third-order valence-electron chi connectivity index (χ3n) is 4.46. The van der Waals surface area contributed by atoms with E-state index in [0.29, 0.717) is 11.8 Å². The zero-order valence-electron chi connectivity index (χ0n) is 15.8. The second-order valence-electron chi connectivity index (χ2n) is 9.15. The highest BCUT2D eigenvalue weighted by atomic mass is 16.6. The Morgan fingerprint density at radius 3 is 1.25 bits per heavy atom. The van der Waals surface area contributed by atoms with E-state index < -0.39 is 11.2 Å². The van der Waals surface area contributed by atoms with Crippen LogP contribution in [0.2, 0.25) is 0 Å². The average Bonchev–Trinajstić information content (AvgIpc) is 2.79. The number of carbonyl (C=O) groups is 2. The Morgan fingerprint density at radius 1 is 0.708 bits per heavy atom. The fraction of sp³-hybridized carbons (Fsp3) is 0.889. The van der Waals surface area contributed by atoms with Gasteiger partial charge < -0.3 is 20.1 Å². The van der Waals surface area contributed by atoms with Crippen molar-refractivity contribution in [1.29, 1.82) is 0 Å². The summed E-state index contributed by atoms with van der Waals surface area (Å²) in [6.45, 7) is 11.2. The molecule has 2 aliphatic carbocycles. The van der Waals surface area contributed by atoms with E-state index in [2.05, 4.69) is 10.6 Å². The average molecular weight is 340 g/mol. The normalized spacial score (nSPS) is 29.8. The van der Waals surface area contributed by atoms with Crippen molar-refractivity contribution in [3.05, 3.63) is 0 Å². The molecule has 0 saturated heterocycles. The Labute approximate surface area is 145 Å². The fourth-order valence-corrected chi connectivity index (χ4v) is 3.80. The molecule has 24 heavy (non-hydrogen) atoms. The lowest BCUT2D eigenvalue weighted by atomic mass is 10.0. The second-order valence-corrected chi connectivity index (χ2v) is 9.15. The van der Waals surface area contributed by atoms with Crippen molar-refractivity contribution in [2.45, 2.75) is 90.5 Å². The highest BCUT2D eigenvalue weighted by Gasteiger charge is 2.43. The molecule has 0 aromatic carbocycles. The number of hydrogen-bond donors (Lipinski definition) is 2. The maximum atomic E-state index is 11.9. The second kappa shape index (κ2) is 6.81. The Bertz CT molecular complexity index is 422. The first-order chi connectivity index (χ1) is 10.9. The Hall–Kier alpha value is -1.46. The monoisotopic (exact) mass is 340 g/mol. The van der Waals surface area contributed by atoms with E-state index in [0.717, 1.165) is 25.7 Å². The van der Waals surface area contributed by atoms with Crippen LogP contribution in [0.1, 0.15) is 67.2 Å². The van der Waals surface area contributed by atoms with Crippen LogP contribution < -0.4 is 10.6 Å². The molecule has 0 heterocycles. The molecule has 0 aliphatic heterocycles. The summed E-state index contributed by atoms with van der Waals surface area (Å²) in [5.41, 5.74) is -0.942. The van der Waals surface area contributed by atoms with Crippen LogP contribution in [0.15, 0.2) is 0 Å². The van der Waals surface area contributed by atoms with Gasteiger partial charge in [-0.15, -0.1) is 0 Å². The van der Waals surface area contributed by atoms with Crippen molar-refractivity contribution in [2.75, 3.05) is 0 Å². The number of carbonyl (C=O) groups excluding carboxylic acids is 2. The number of hydrogen-bond acceptors (Lipinski definition) is 4. The number of nitrogens with one attached hydrogen (secondary N) is 2. The molecule has 2 amide bonds. The molecule has 2 aliphatic rings. The zero-order chi connectivity index (χ0) is 18.1. The van der Waals surface area contributed by atoms with E-state index in [9.17, 15) is 9.59 Å². The fourth-order valence-electron chi connectivity index (χ4n) is 3.80. The van der Waals surface area contributed by atoms with Gasteiger partial charge >= 0.3 is 12.2 Å². The van der Waals surface area contributed by atoms with E-state index in [1.54, 1.807) is 0 Å². The number of ether oxygens (including phenoxy) is 2. The quantitative estimate of drug-likeness (QED) is 0.805. The molecule has 6 nitrogen and oxygen atoms in total. The molecule has 0 unspecified atom stereocenters. The van der Waals surface area contributed by atoms with Crippen molar-refractivity contribution >= 4 is 12.2 Å². The highest BCUT2D eigenvalue weighted by Crippen LogP contribution is 2.44. The highest BCUT2D eigenvalue weighted by molar-refractivity contribution is 5.68. The number of rotatable bonds is 2. The largest absolute Gasteiger partial charge is 0.444 e. The molecule has 2 saturated carbocycles. The van der Waals surface area contributed by atoms with Crippen LogP contribution in [0.25, 0.3) is 0 Å². The van der Waals surface area contributed by atoms with Gasteiger partial charge in [0.25, 0.3) is 0 Å². The molecule has 2 rings (SSSR count). The van der Waals surface area contributed by atoms with Crippen LogP contribution in [0.4, 0.5) is 9.59 Å². The van der Waals surface area contributed by atoms with Crippen LogP contribution in [-0.2, 0) is 9.47 Å². The lowest BCUT2D eigenvalue weighted by Gasteiger charge is -2.23. The van der Waals surface area contributed by atoms with Crippen LogP contribution in [-0.4, -0.2) is 35.5 Å². The number of fused-ring (bicyclic) bond motifs is 1. The molecule has 0 aromatic rings. The van der Waals surface area contributed by atoms with E-state index in [4.69, 9.17) is 9.47 Å². The smallest absolute Gasteiger partial charge is 0.407 e. The first-order valence-electron chi connectivity index (χ1n) is 8.90. The number of alkyl carbamates (subject to hydrolysis) is 2. The third-order valence-corrected chi connectivity index (χ3v) is 4.46. The van der Waals surface area contributed by atoms with Gasteiger partial charge in [0.2, 0.25) is 0 Å². The lowest BCUT2D eigenvalue weighted by Crippen LogP contribution is -2.40. The van der Waals surface area contributed by atoms with Gasteiger partial charge in [-0.05, 0) is 79.1 Å². The SMILES string of the molecule is CC(C)(C)OC(=O)NC1CC2CC(NC(=O)OC(C)(C)C)CC2C1. The molecule has 0 aromatic heterocycles. The lowest BCUT2D eigenvalue weighted by molar-refractivity contribution is 0.0500. The standard InChI is InChI=1S/C18H32N2O4/c1-17(2,3)23-15(21)19-13-7-11-9-14(10-12(11)8-13)20-16(22)24-18(4,5)6/h11-14H,7-10H2,1-6H3,(H,19,21)(H,20,22). The van der Waals surface area contributed by atoms with Gasteiger partial charge in [-0.3, -0.25) is 0 Å². The van der Waals surface area contributed by atoms with Gasteiger partial charge in [0.05, 0.1) is 0 Å². The first kappa shape index (κ1) is 18.9. The maximum absolute atomic E-state index is 11.9. The number of amides is 2. The summed E-state index contributed by atoms with van der Waals surface area (Å²) in [6, 6.07) is 0.356. The van der Waals surface area contributed by atoms with Crippen molar-refractivity contribution in [2.24, 2.45) is 11.8 Å². The molecule has 2 N–H and O–H groups in total. The predicted molar refractivity (Wildman–Crippen MR) is 91.8 cm³/mol. The van der Waals surface area contributed by atoms with Crippen LogP contribution in [0.3, 0.4) is 0 Å². The van der Waals surface area contributed by atoms with Gasteiger partial charge in [-0.25, -0.2) is 9.59 Å². The summed E-state index contributed by atoms with van der Waals surface area (Å²) in [4.78, 5) is 23.7. The van der Waals surface area contributed by atoms with Crippen molar-refractivity contribution in [3.8, 4) is 0 Å². The summed E-state index contributed by atoms with van der Waals surface area (Å²) in [5.74, 6) is 1.09. The van der Waals surface area contributed by atoms with E-state index >= 15 is 0 Å². The summed E-state index contributed by atoms with van der Waals surface area (Å²) >= 11 is 0. The maximum Gasteiger partial charge on any atom is 0.407 e. The molecular weight excluding hydrogens is 308 g/mol. The van der Waals surface area contributed by atoms with E-state index in [-0.39, 0.29) is 24.3 Å². The Balaban J connectivity index is 1.73. The molecule has 0 bridgehead atoms. The molecule has 0 spiro atoms. The van der Waals surface area contributed by atoms with Gasteiger partial charge in [-0.1, -0.05) is 0 Å². The predicted octanol–water partition coefficient (Wildman–Crippen LogP) is 3.59. The summed E-state index contributed by atoms with van der Waals surface area (Å²) < 4.78 is 10.6. The molecule has 2 fully saturated rings. The zero-order valence-corrected chi connectivity index (χ0v) is 15.8. The van der Waals surface area contributed by atoms with Crippen LogP contribution >= 0.6 is 0 Å². The first-order valence-corrected chi connectivity index (χ1v) is 8.90. The van der Waals surface area contributed by atoms with Gasteiger partial charge in [0.1, 0.15) is 11.2 Å². The minimum absolute atomic E-state index is 0.178. The summed E-state index contributed by atoms with van der Waals surface area (Å²) in [6.07, 6.45) is 3.14. The third kappa shape index (κ3) is 5.87. The molecule has 138 valence electrons. The topological polar surface area (TPSA) is 76.7 Å². The van der Waals surface area contributed by atoms with Crippen molar-refractivity contribution in [1.82, 2.24) is 10.6 Å². The minimum Gasteiger partial charge on any atom is -0.444 e. The summed E-state index contributed by atoms with van der Waals surface area (Å²) in [5, 5.41) is 5.95. The van der Waals surface area contributed by atoms with E-state index in [1.165, 1.54) is 0 Å². The summed E-state index contributed by atoms with van der Waals surface area (Å²) in [7, 11) is 0. The molecule has 6 heteroatoms. The Morgan fingerprint density at radius 2 is 1.00 bits per heavy atom. The van der Waals surface area contributed by atoms with E-state index in [1.807, 2.05) is 41.5 Å². The van der Waals surface area contributed by atoms with Crippen LogP contribution in [0.5, 0.6) is 0 Å². The van der Waals surface area contributed by atoms with Crippen molar-refractivity contribution in [3.63, 3.8) is 0 Å².